The van der Waals surface area contributed by atoms with Crippen molar-refractivity contribution >= 4 is 0 Å². The van der Waals surface area contributed by atoms with Gasteiger partial charge in [0.25, 0.3) is 0 Å². The van der Waals surface area contributed by atoms with E-state index in [2.05, 4.69) is 29.6 Å². The number of benzene rings is 1. The lowest BCUT2D eigenvalue weighted by atomic mass is 9.88. The Morgan fingerprint density at radius 3 is 2.87 bits per heavy atom. The van der Waals surface area contributed by atoms with Crippen LogP contribution in [0, 0.1) is 0 Å². The largest absolute Gasteiger partial charge is 0.313 e. The third-order valence-electron chi connectivity index (χ3n) is 4.01. The molecule has 3 rings (SSSR count). The predicted octanol–water partition coefficient (Wildman–Crippen LogP) is 2.86. The average Bonchev–Trinajstić information content (AvgIpc) is 2.74. The lowest BCUT2D eigenvalue weighted by Crippen LogP contribution is -2.38. The molecule has 1 saturated heterocycles. The topological polar surface area (TPSA) is 12.0 Å². The van der Waals surface area contributed by atoms with Crippen molar-refractivity contribution in [2.75, 3.05) is 6.54 Å². The van der Waals surface area contributed by atoms with Crippen LogP contribution in [0.25, 0.3) is 0 Å². The van der Waals surface area contributed by atoms with Gasteiger partial charge in [-0.3, -0.25) is 0 Å². The van der Waals surface area contributed by atoms with Gasteiger partial charge < -0.3 is 5.32 Å². The minimum atomic E-state index is 0.752. The standard InChI is InChI=1S/C14H19N/c1-2-6-12-11(5-1)8-9-13(12)14-7-3-4-10-15-14/h1-2,5-6,13-15H,3-4,7-10H2/t13-,14+/m0/s1. The molecule has 0 saturated carbocycles. The van der Waals surface area contributed by atoms with Crippen molar-refractivity contribution in [2.45, 2.75) is 44.1 Å². The molecular weight excluding hydrogens is 182 g/mol. The van der Waals surface area contributed by atoms with E-state index >= 15 is 0 Å². The molecule has 1 N–H and O–H groups in total. The van der Waals surface area contributed by atoms with Gasteiger partial charge in [0.2, 0.25) is 0 Å². The van der Waals surface area contributed by atoms with Gasteiger partial charge in [0.1, 0.15) is 0 Å². The van der Waals surface area contributed by atoms with Gasteiger partial charge in [0.15, 0.2) is 0 Å². The van der Waals surface area contributed by atoms with Gasteiger partial charge in [-0.2, -0.15) is 0 Å². The van der Waals surface area contributed by atoms with Crippen LogP contribution in [0.2, 0.25) is 0 Å². The zero-order chi connectivity index (χ0) is 10.1. The van der Waals surface area contributed by atoms with Crippen LogP contribution in [0.4, 0.5) is 0 Å². The van der Waals surface area contributed by atoms with Crippen LogP contribution < -0.4 is 5.32 Å². The molecule has 2 atom stereocenters. The molecule has 1 aromatic rings. The van der Waals surface area contributed by atoms with Crippen LogP contribution in [0.5, 0.6) is 0 Å². The summed E-state index contributed by atoms with van der Waals surface area (Å²) in [5, 5.41) is 3.70. The Bertz CT molecular complexity index is 339. The minimum absolute atomic E-state index is 0.752. The molecule has 1 aromatic carbocycles. The molecule has 0 spiro atoms. The van der Waals surface area contributed by atoms with Crippen molar-refractivity contribution in [3.63, 3.8) is 0 Å². The van der Waals surface area contributed by atoms with Gasteiger partial charge in [0, 0.05) is 6.04 Å². The monoisotopic (exact) mass is 201 g/mol. The summed E-state index contributed by atoms with van der Waals surface area (Å²) in [5.74, 6) is 0.793. The maximum Gasteiger partial charge on any atom is 0.0136 e. The first-order valence-corrected chi connectivity index (χ1v) is 6.26. The summed E-state index contributed by atoms with van der Waals surface area (Å²) >= 11 is 0. The number of hydrogen-bond acceptors (Lipinski definition) is 1. The highest BCUT2D eigenvalue weighted by Gasteiger charge is 2.29. The zero-order valence-electron chi connectivity index (χ0n) is 9.21. The van der Waals surface area contributed by atoms with Crippen molar-refractivity contribution in [3.8, 4) is 0 Å². The van der Waals surface area contributed by atoms with Gasteiger partial charge in [-0.15, -0.1) is 0 Å². The number of piperidine rings is 1. The molecule has 15 heavy (non-hydrogen) atoms. The Balaban J connectivity index is 1.83. The quantitative estimate of drug-likeness (QED) is 0.736. The number of fused-ring (bicyclic) bond motifs is 1. The molecule has 0 aromatic heterocycles. The first-order chi connectivity index (χ1) is 7.45. The molecule has 0 unspecified atom stereocenters. The minimum Gasteiger partial charge on any atom is -0.313 e. The number of nitrogens with one attached hydrogen (secondary N) is 1. The SMILES string of the molecule is c1ccc2c(c1)CC[C@@H]2[C@H]1CCCCN1. The summed E-state index contributed by atoms with van der Waals surface area (Å²) in [6.07, 6.45) is 6.80. The summed E-state index contributed by atoms with van der Waals surface area (Å²) in [4.78, 5) is 0. The highest BCUT2D eigenvalue weighted by Crippen LogP contribution is 2.37. The van der Waals surface area contributed by atoms with E-state index in [0.29, 0.717) is 0 Å². The first-order valence-electron chi connectivity index (χ1n) is 6.26. The molecular formula is C14H19N. The molecule has 1 nitrogen and oxygen atoms in total. The van der Waals surface area contributed by atoms with Crippen molar-refractivity contribution in [2.24, 2.45) is 0 Å². The Hall–Kier alpha value is -0.820. The molecule has 1 aliphatic heterocycles. The average molecular weight is 201 g/mol. The molecule has 0 radical (unpaired) electrons. The third kappa shape index (κ3) is 1.69. The van der Waals surface area contributed by atoms with E-state index in [1.807, 2.05) is 0 Å². The summed E-state index contributed by atoms with van der Waals surface area (Å²) in [6, 6.07) is 9.76. The molecule has 1 heterocycles. The maximum absolute atomic E-state index is 3.70. The smallest absolute Gasteiger partial charge is 0.0136 e. The third-order valence-corrected chi connectivity index (χ3v) is 4.01. The number of hydrogen-bond donors (Lipinski definition) is 1. The lowest BCUT2D eigenvalue weighted by molar-refractivity contribution is 0.348. The fourth-order valence-corrected chi connectivity index (χ4v) is 3.23. The Morgan fingerprint density at radius 2 is 2.00 bits per heavy atom. The predicted molar refractivity (Wildman–Crippen MR) is 63.1 cm³/mol. The lowest BCUT2D eigenvalue weighted by Gasteiger charge is -2.29. The van der Waals surface area contributed by atoms with E-state index in [1.54, 1.807) is 11.1 Å². The molecule has 0 amide bonds. The second-order valence-electron chi connectivity index (χ2n) is 4.90. The molecule has 0 bridgehead atoms. The first kappa shape index (κ1) is 9.41. The van der Waals surface area contributed by atoms with Gasteiger partial charge >= 0.3 is 0 Å². The second kappa shape index (κ2) is 3.97. The van der Waals surface area contributed by atoms with Gasteiger partial charge in [-0.25, -0.2) is 0 Å². The summed E-state index contributed by atoms with van der Waals surface area (Å²) < 4.78 is 0. The maximum atomic E-state index is 3.70. The fraction of sp³-hybridized carbons (Fsp3) is 0.571. The van der Waals surface area contributed by atoms with Crippen LogP contribution in [0.1, 0.15) is 42.7 Å². The van der Waals surface area contributed by atoms with E-state index < -0.39 is 0 Å². The van der Waals surface area contributed by atoms with Crippen LogP contribution in [-0.4, -0.2) is 12.6 Å². The number of aryl methyl sites for hydroxylation is 1. The molecule has 2 aliphatic rings. The van der Waals surface area contributed by atoms with Crippen LogP contribution in [-0.2, 0) is 6.42 Å². The Kier molecular flexibility index (Phi) is 2.49. The normalized spacial score (nSPS) is 30.1. The van der Waals surface area contributed by atoms with E-state index in [1.165, 1.54) is 38.6 Å². The molecule has 1 fully saturated rings. The van der Waals surface area contributed by atoms with Crippen LogP contribution in [0.15, 0.2) is 24.3 Å². The fourth-order valence-electron chi connectivity index (χ4n) is 3.23. The van der Waals surface area contributed by atoms with E-state index in [0.717, 1.165) is 12.0 Å². The summed E-state index contributed by atoms with van der Waals surface area (Å²) in [6.45, 7) is 1.23. The highest BCUT2D eigenvalue weighted by molar-refractivity contribution is 5.36. The van der Waals surface area contributed by atoms with Crippen LogP contribution in [0.3, 0.4) is 0 Å². The van der Waals surface area contributed by atoms with Gasteiger partial charge in [0.05, 0.1) is 0 Å². The Morgan fingerprint density at radius 1 is 1.07 bits per heavy atom. The van der Waals surface area contributed by atoms with E-state index in [-0.39, 0.29) is 0 Å². The van der Waals surface area contributed by atoms with Crippen molar-refractivity contribution in [1.29, 1.82) is 0 Å². The number of rotatable bonds is 1. The molecule has 80 valence electrons. The highest BCUT2D eigenvalue weighted by atomic mass is 14.9. The second-order valence-corrected chi connectivity index (χ2v) is 4.90. The Labute approximate surface area is 91.9 Å². The summed E-state index contributed by atoms with van der Waals surface area (Å²) in [7, 11) is 0. The van der Waals surface area contributed by atoms with Crippen molar-refractivity contribution in [1.82, 2.24) is 5.32 Å². The zero-order valence-corrected chi connectivity index (χ0v) is 9.21. The molecule has 1 heteroatoms. The van der Waals surface area contributed by atoms with E-state index in [9.17, 15) is 0 Å². The van der Waals surface area contributed by atoms with Crippen molar-refractivity contribution in [3.05, 3.63) is 35.4 Å². The molecule has 1 aliphatic carbocycles. The van der Waals surface area contributed by atoms with Crippen LogP contribution >= 0.6 is 0 Å². The summed E-state index contributed by atoms with van der Waals surface area (Å²) in [5.41, 5.74) is 3.21. The van der Waals surface area contributed by atoms with Gasteiger partial charge in [-0.1, -0.05) is 30.7 Å². The van der Waals surface area contributed by atoms with E-state index in [4.69, 9.17) is 0 Å². The van der Waals surface area contributed by atoms with Crippen molar-refractivity contribution < 1.29 is 0 Å². The van der Waals surface area contributed by atoms with Gasteiger partial charge in [-0.05, 0) is 49.3 Å².